The minimum atomic E-state index is -0.122. The van der Waals surface area contributed by atoms with Gasteiger partial charge >= 0.3 is 0 Å². The van der Waals surface area contributed by atoms with Crippen LogP contribution in [-0.4, -0.2) is 19.7 Å². The SMILES string of the molecule is Cc1nc(-c2ccn(C)n2)[nH]c(=O)c1I. The number of hydrogen-bond donors (Lipinski definition) is 1. The van der Waals surface area contributed by atoms with Crippen molar-refractivity contribution in [1.29, 1.82) is 0 Å². The fourth-order valence-electron chi connectivity index (χ4n) is 1.23. The molecule has 0 fully saturated rings. The molecule has 0 aliphatic rings. The second-order valence-corrected chi connectivity index (χ2v) is 4.27. The van der Waals surface area contributed by atoms with Crippen LogP contribution in [0.4, 0.5) is 0 Å². The van der Waals surface area contributed by atoms with E-state index < -0.39 is 0 Å². The van der Waals surface area contributed by atoms with E-state index in [-0.39, 0.29) is 5.56 Å². The van der Waals surface area contributed by atoms with Gasteiger partial charge in [0.25, 0.3) is 5.56 Å². The van der Waals surface area contributed by atoms with E-state index in [0.29, 0.717) is 15.1 Å². The molecule has 78 valence electrons. The molecule has 0 saturated heterocycles. The molecular weight excluding hydrogens is 307 g/mol. The molecule has 0 aromatic carbocycles. The normalized spacial score (nSPS) is 10.6. The van der Waals surface area contributed by atoms with Gasteiger partial charge in [-0.05, 0) is 35.6 Å². The van der Waals surface area contributed by atoms with Crippen LogP contribution in [0.2, 0.25) is 0 Å². The van der Waals surface area contributed by atoms with Crippen molar-refractivity contribution in [1.82, 2.24) is 19.7 Å². The van der Waals surface area contributed by atoms with Gasteiger partial charge in [-0.1, -0.05) is 0 Å². The Balaban J connectivity index is 2.60. The molecule has 15 heavy (non-hydrogen) atoms. The largest absolute Gasteiger partial charge is 0.304 e. The molecule has 0 atom stereocenters. The molecule has 0 saturated carbocycles. The van der Waals surface area contributed by atoms with E-state index in [0.717, 1.165) is 5.69 Å². The highest BCUT2D eigenvalue weighted by atomic mass is 127. The highest BCUT2D eigenvalue weighted by Crippen LogP contribution is 2.11. The van der Waals surface area contributed by atoms with Crippen LogP contribution >= 0.6 is 22.6 Å². The van der Waals surface area contributed by atoms with Crippen molar-refractivity contribution in [3.8, 4) is 11.5 Å². The van der Waals surface area contributed by atoms with Crippen LogP contribution in [0.25, 0.3) is 11.5 Å². The Morgan fingerprint density at radius 2 is 2.27 bits per heavy atom. The predicted molar refractivity (Wildman–Crippen MR) is 64.5 cm³/mol. The van der Waals surface area contributed by atoms with Crippen molar-refractivity contribution in [2.24, 2.45) is 7.05 Å². The van der Waals surface area contributed by atoms with Crippen LogP contribution in [-0.2, 0) is 7.05 Å². The molecule has 2 rings (SSSR count). The third-order valence-electron chi connectivity index (χ3n) is 1.98. The molecule has 2 aromatic heterocycles. The van der Waals surface area contributed by atoms with E-state index in [1.807, 2.05) is 48.8 Å². The monoisotopic (exact) mass is 316 g/mol. The summed E-state index contributed by atoms with van der Waals surface area (Å²) in [5, 5.41) is 4.17. The quantitative estimate of drug-likeness (QED) is 0.801. The zero-order valence-corrected chi connectivity index (χ0v) is 10.4. The minimum Gasteiger partial charge on any atom is -0.304 e. The lowest BCUT2D eigenvalue weighted by Crippen LogP contribution is -2.14. The van der Waals surface area contributed by atoms with Gasteiger partial charge in [-0.2, -0.15) is 5.10 Å². The van der Waals surface area contributed by atoms with E-state index in [9.17, 15) is 4.79 Å². The Bertz CT molecular complexity index is 557. The van der Waals surface area contributed by atoms with Gasteiger partial charge in [-0.15, -0.1) is 0 Å². The number of aryl methyl sites for hydroxylation is 2. The van der Waals surface area contributed by atoms with E-state index >= 15 is 0 Å². The molecular formula is C9H9IN4O. The molecule has 0 aliphatic heterocycles. The van der Waals surface area contributed by atoms with E-state index in [4.69, 9.17) is 0 Å². The van der Waals surface area contributed by atoms with E-state index in [2.05, 4.69) is 15.1 Å². The Morgan fingerprint density at radius 1 is 1.53 bits per heavy atom. The van der Waals surface area contributed by atoms with Crippen LogP contribution in [0, 0.1) is 10.5 Å². The highest BCUT2D eigenvalue weighted by molar-refractivity contribution is 14.1. The fraction of sp³-hybridized carbons (Fsp3) is 0.222. The average molecular weight is 316 g/mol. The second-order valence-electron chi connectivity index (χ2n) is 3.19. The maximum atomic E-state index is 11.5. The van der Waals surface area contributed by atoms with Crippen molar-refractivity contribution in [3.05, 3.63) is 31.9 Å². The lowest BCUT2D eigenvalue weighted by atomic mass is 10.3. The third kappa shape index (κ3) is 1.94. The van der Waals surface area contributed by atoms with Gasteiger partial charge in [-0.25, -0.2) is 4.98 Å². The second kappa shape index (κ2) is 3.76. The summed E-state index contributed by atoms with van der Waals surface area (Å²) in [6.45, 7) is 1.81. The summed E-state index contributed by atoms with van der Waals surface area (Å²) in [6, 6.07) is 1.81. The van der Waals surface area contributed by atoms with Crippen LogP contribution in [0.1, 0.15) is 5.69 Å². The van der Waals surface area contributed by atoms with Crippen molar-refractivity contribution < 1.29 is 0 Å². The smallest absolute Gasteiger partial charge is 0.264 e. The van der Waals surface area contributed by atoms with Crippen molar-refractivity contribution >= 4 is 22.6 Å². The Morgan fingerprint density at radius 3 is 2.80 bits per heavy atom. The Hall–Kier alpha value is -1.18. The molecule has 2 heterocycles. The number of nitrogens with one attached hydrogen (secondary N) is 1. The van der Waals surface area contributed by atoms with Crippen LogP contribution in [0.3, 0.4) is 0 Å². The van der Waals surface area contributed by atoms with Gasteiger partial charge < -0.3 is 4.98 Å². The molecule has 5 nitrogen and oxygen atoms in total. The average Bonchev–Trinajstić information content (AvgIpc) is 2.60. The van der Waals surface area contributed by atoms with Crippen molar-refractivity contribution in [2.45, 2.75) is 6.92 Å². The first-order valence-corrected chi connectivity index (χ1v) is 5.42. The van der Waals surface area contributed by atoms with Crippen LogP contribution in [0.5, 0.6) is 0 Å². The van der Waals surface area contributed by atoms with Gasteiger partial charge in [0, 0.05) is 13.2 Å². The molecule has 0 unspecified atom stereocenters. The summed E-state index contributed by atoms with van der Waals surface area (Å²) in [6.07, 6.45) is 1.81. The maximum Gasteiger partial charge on any atom is 0.264 e. The number of aromatic nitrogens is 4. The number of H-pyrrole nitrogens is 1. The summed E-state index contributed by atoms with van der Waals surface area (Å²) in [5.74, 6) is 0.513. The van der Waals surface area contributed by atoms with Gasteiger partial charge in [0.1, 0.15) is 5.69 Å². The Kier molecular flexibility index (Phi) is 2.59. The third-order valence-corrected chi connectivity index (χ3v) is 3.26. The fourth-order valence-corrected chi connectivity index (χ4v) is 1.49. The molecule has 6 heteroatoms. The summed E-state index contributed by atoms with van der Waals surface area (Å²) in [7, 11) is 1.82. The molecule has 2 aromatic rings. The topological polar surface area (TPSA) is 63.6 Å². The van der Waals surface area contributed by atoms with E-state index in [1.54, 1.807) is 4.68 Å². The zero-order chi connectivity index (χ0) is 11.0. The van der Waals surface area contributed by atoms with Crippen LogP contribution < -0.4 is 5.56 Å². The number of nitrogens with zero attached hydrogens (tertiary/aromatic N) is 3. The standard InChI is InChI=1S/C9H9IN4O/c1-5-7(10)9(15)12-8(11-5)6-3-4-14(2)13-6/h3-4H,1-2H3,(H,11,12,15). The lowest BCUT2D eigenvalue weighted by Gasteiger charge is -1.99. The van der Waals surface area contributed by atoms with Crippen LogP contribution in [0.15, 0.2) is 17.1 Å². The number of halogens is 1. The molecule has 1 N–H and O–H groups in total. The summed E-state index contributed by atoms with van der Waals surface area (Å²) in [5.41, 5.74) is 1.28. The Labute approximate surface area is 99.7 Å². The number of aromatic amines is 1. The molecule has 0 aliphatic carbocycles. The van der Waals surface area contributed by atoms with Gasteiger partial charge in [0.15, 0.2) is 5.82 Å². The first-order chi connectivity index (χ1) is 7.08. The summed E-state index contributed by atoms with van der Waals surface area (Å²) in [4.78, 5) is 18.5. The predicted octanol–water partition coefficient (Wildman–Crippen LogP) is 1.08. The van der Waals surface area contributed by atoms with Gasteiger partial charge in [0.2, 0.25) is 0 Å². The zero-order valence-electron chi connectivity index (χ0n) is 8.28. The summed E-state index contributed by atoms with van der Waals surface area (Å²) < 4.78 is 2.29. The summed E-state index contributed by atoms with van der Waals surface area (Å²) >= 11 is 1.98. The first-order valence-electron chi connectivity index (χ1n) is 4.34. The van der Waals surface area contributed by atoms with Crippen molar-refractivity contribution in [2.75, 3.05) is 0 Å². The molecule has 0 radical (unpaired) electrons. The minimum absolute atomic E-state index is 0.122. The van der Waals surface area contributed by atoms with Gasteiger partial charge in [-0.3, -0.25) is 9.48 Å². The first kappa shape index (κ1) is 10.3. The highest BCUT2D eigenvalue weighted by Gasteiger charge is 2.08. The maximum absolute atomic E-state index is 11.5. The number of hydrogen-bond acceptors (Lipinski definition) is 3. The van der Waals surface area contributed by atoms with E-state index in [1.165, 1.54) is 0 Å². The molecule has 0 amide bonds. The van der Waals surface area contributed by atoms with Gasteiger partial charge in [0.05, 0.1) is 9.26 Å². The number of rotatable bonds is 1. The molecule has 0 bridgehead atoms. The lowest BCUT2D eigenvalue weighted by molar-refractivity contribution is 0.768. The van der Waals surface area contributed by atoms with Crippen molar-refractivity contribution in [3.63, 3.8) is 0 Å². The molecule has 0 spiro atoms.